The Morgan fingerprint density at radius 1 is 1.30 bits per heavy atom. The van der Waals surface area contributed by atoms with Crippen LogP contribution in [0.4, 0.5) is 5.69 Å². The van der Waals surface area contributed by atoms with E-state index in [9.17, 15) is 9.59 Å². The van der Waals surface area contributed by atoms with Crippen molar-refractivity contribution in [3.63, 3.8) is 0 Å². The van der Waals surface area contributed by atoms with Crippen molar-refractivity contribution in [2.75, 3.05) is 12.4 Å². The predicted octanol–water partition coefficient (Wildman–Crippen LogP) is 1.67. The Morgan fingerprint density at radius 3 is 2.70 bits per heavy atom. The van der Waals surface area contributed by atoms with E-state index in [1.54, 1.807) is 33.2 Å². The number of carbonyl (C=O) groups excluding carboxylic acids is 1. The maximum absolute atomic E-state index is 12.2. The first-order chi connectivity index (χ1) is 10.9. The van der Waals surface area contributed by atoms with Crippen LogP contribution in [0.25, 0.3) is 0 Å². The number of anilines is 1. The lowest BCUT2D eigenvalue weighted by molar-refractivity contribution is -0.116. The van der Waals surface area contributed by atoms with Crippen molar-refractivity contribution >= 4 is 11.6 Å². The quantitative estimate of drug-likeness (QED) is 0.874. The number of amides is 1. The van der Waals surface area contributed by atoms with Crippen molar-refractivity contribution in [3.05, 3.63) is 45.4 Å². The van der Waals surface area contributed by atoms with Gasteiger partial charge in [-0.2, -0.15) is 4.98 Å². The molecule has 7 heteroatoms. The highest BCUT2D eigenvalue weighted by Crippen LogP contribution is 2.26. The van der Waals surface area contributed by atoms with Crippen molar-refractivity contribution in [1.29, 1.82) is 0 Å². The molecule has 2 aromatic rings. The third-order valence-electron chi connectivity index (χ3n) is 3.62. The Kier molecular flexibility index (Phi) is 5.10. The van der Waals surface area contributed by atoms with Gasteiger partial charge in [0.15, 0.2) is 5.75 Å². The number of methoxy groups -OCH3 is 1. The molecule has 0 saturated carbocycles. The zero-order valence-electron chi connectivity index (χ0n) is 13.7. The molecule has 0 bridgehead atoms. The zero-order valence-corrected chi connectivity index (χ0v) is 13.7. The molecule has 0 saturated heterocycles. The minimum absolute atomic E-state index is 0.140. The topological polar surface area (TPSA) is 97.0 Å². The molecule has 0 radical (unpaired) electrons. The molecule has 122 valence electrons. The number of pyridine rings is 1. The Hall–Kier alpha value is -2.70. The number of aromatic nitrogens is 3. The fourth-order valence-electron chi connectivity index (χ4n) is 2.48. The van der Waals surface area contributed by atoms with Crippen molar-refractivity contribution < 1.29 is 9.53 Å². The Labute approximate surface area is 134 Å². The molecule has 7 nitrogen and oxygen atoms in total. The minimum atomic E-state index is -0.370. The lowest BCUT2D eigenvalue weighted by atomic mass is 10.1. The van der Waals surface area contributed by atoms with E-state index < -0.39 is 0 Å². The van der Waals surface area contributed by atoms with Gasteiger partial charge in [0.2, 0.25) is 5.91 Å². The van der Waals surface area contributed by atoms with Gasteiger partial charge < -0.3 is 15.0 Å². The standard InChI is InChI=1S/C16H20N4O3/c1-9-12(10(2)19-16(22)18-9)5-6-14(21)20-13-7-8-17-11(3)15(13)23-4/h7-8H,5-6H2,1-4H3,(H,17,20,21)(H,18,19,22). The predicted molar refractivity (Wildman–Crippen MR) is 86.8 cm³/mol. The van der Waals surface area contributed by atoms with Gasteiger partial charge in [0.25, 0.3) is 0 Å². The van der Waals surface area contributed by atoms with Crippen LogP contribution in [0.3, 0.4) is 0 Å². The zero-order chi connectivity index (χ0) is 17.0. The van der Waals surface area contributed by atoms with E-state index in [-0.39, 0.29) is 18.0 Å². The molecular formula is C16H20N4O3. The van der Waals surface area contributed by atoms with Gasteiger partial charge >= 0.3 is 5.69 Å². The molecule has 1 amide bonds. The molecule has 2 aromatic heterocycles. The highest BCUT2D eigenvalue weighted by Gasteiger charge is 2.12. The van der Waals surface area contributed by atoms with Gasteiger partial charge in [-0.05, 0) is 38.8 Å². The number of ether oxygens (including phenoxy) is 1. The second kappa shape index (κ2) is 7.04. The second-order valence-corrected chi connectivity index (χ2v) is 5.26. The molecule has 2 rings (SSSR count). The van der Waals surface area contributed by atoms with E-state index in [0.29, 0.717) is 29.2 Å². The van der Waals surface area contributed by atoms with E-state index in [1.807, 2.05) is 6.92 Å². The molecular weight excluding hydrogens is 296 g/mol. The summed E-state index contributed by atoms with van der Waals surface area (Å²) in [6.07, 6.45) is 2.40. The van der Waals surface area contributed by atoms with Crippen LogP contribution in [-0.2, 0) is 11.2 Å². The number of nitrogens with zero attached hydrogens (tertiary/aromatic N) is 2. The van der Waals surface area contributed by atoms with E-state index in [1.165, 1.54) is 0 Å². The summed E-state index contributed by atoms with van der Waals surface area (Å²) in [6, 6.07) is 1.70. The molecule has 0 aliphatic heterocycles. The van der Waals surface area contributed by atoms with Gasteiger partial charge in [-0.1, -0.05) is 0 Å². The van der Waals surface area contributed by atoms with Gasteiger partial charge in [-0.15, -0.1) is 0 Å². The van der Waals surface area contributed by atoms with Crippen LogP contribution in [0.2, 0.25) is 0 Å². The molecule has 2 heterocycles. The number of nitrogens with one attached hydrogen (secondary N) is 2. The van der Waals surface area contributed by atoms with Crippen LogP contribution >= 0.6 is 0 Å². The monoisotopic (exact) mass is 316 g/mol. The maximum atomic E-state index is 12.2. The number of hydrogen-bond donors (Lipinski definition) is 2. The molecule has 0 aliphatic rings. The number of H-pyrrole nitrogens is 1. The Balaban J connectivity index is 2.07. The van der Waals surface area contributed by atoms with Gasteiger partial charge in [-0.3, -0.25) is 9.78 Å². The minimum Gasteiger partial charge on any atom is -0.493 e. The molecule has 0 aliphatic carbocycles. The summed E-state index contributed by atoms with van der Waals surface area (Å²) < 4.78 is 5.26. The number of carbonyl (C=O) groups is 1. The van der Waals surface area contributed by atoms with Crippen LogP contribution in [0, 0.1) is 20.8 Å². The maximum Gasteiger partial charge on any atom is 0.345 e. The van der Waals surface area contributed by atoms with E-state index >= 15 is 0 Å². The Bertz CT molecular complexity index is 757. The number of aromatic amines is 1. The largest absolute Gasteiger partial charge is 0.493 e. The average Bonchev–Trinajstić information content (AvgIpc) is 2.46. The molecule has 0 aromatic carbocycles. The summed E-state index contributed by atoms with van der Waals surface area (Å²) in [4.78, 5) is 34.1. The summed E-state index contributed by atoms with van der Waals surface area (Å²) in [7, 11) is 1.54. The summed E-state index contributed by atoms with van der Waals surface area (Å²) in [5.41, 5.74) is 3.21. The fraction of sp³-hybridized carbons (Fsp3) is 0.375. The molecule has 0 fully saturated rings. The van der Waals surface area contributed by atoms with Crippen LogP contribution < -0.4 is 15.7 Å². The van der Waals surface area contributed by atoms with Crippen molar-refractivity contribution in [2.24, 2.45) is 0 Å². The summed E-state index contributed by atoms with van der Waals surface area (Å²) in [5, 5.41) is 2.83. The van der Waals surface area contributed by atoms with Gasteiger partial charge in [0.05, 0.1) is 18.5 Å². The Morgan fingerprint density at radius 2 is 2.04 bits per heavy atom. The first-order valence-electron chi connectivity index (χ1n) is 7.28. The molecule has 2 N–H and O–H groups in total. The lowest BCUT2D eigenvalue weighted by Crippen LogP contribution is -2.18. The summed E-state index contributed by atoms with van der Waals surface area (Å²) >= 11 is 0. The van der Waals surface area contributed by atoms with Gasteiger partial charge in [-0.25, -0.2) is 4.79 Å². The van der Waals surface area contributed by atoms with Crippen LogP contribution in [-0.4, -0.2) is 28.0 Å². The van der Waals surface area contributed by atoms with Crippen molar-refractivity contribution in [1.82, 2.24) is 15.0 Å². The first kappa shape index (κ1) is 16.7. The second-order valence-electron chi connectivity index (χ2n) is 5.26. The summed E-state index contributed by atoms with van der Waals surface area (Å²) in [5.74, 6) is 0.415. The van der Waals surface area contributed by atoms with E-state index in [0.717, 1.165) is 11.3 Å². The normalized spacial score (nSPS) is 10.4. The third-order valence-corrected chi connectivity index (χ3v) is 3.62. The van der Waals surface area contributed by atoms with Crippen molar-refractivity contribution in [3.8, 4) is 5.75 Å². The molecule has 0 atom stereocenters. The van der Waals surface area contributed by atoms with Crippen molar-refractivity contribution in [2.45, 2.75) is 33.6 Å². The number of rotatable bonds is 5. The van der Waals surface area contributed by atoms with Gasteiger partial charge in [0, 0.05) is 24.0 Å². The molecule has 0 spiro atoms. The van der Waals surface area contributed by atoms with Crippen LogP contribution in [0.1, 0.15) is 29.1 Å². The molecule has 23 heavy (non-hydrogen) atoms. The highest BCUT2D eigenvalue weighted by atomic mass is 16.5. The summed E-state index contributed by atoms with van der Waals surface area (Å²) in [6.45, 7) is 5.39. The van der Waals surface area contributed by atoms with E-state index in [4.69, 9.17) is 4.74 Å². The lowest BCUT2D eigenvalue weighted by Gasteiger charge is -2.12. The number of aryl methyl sites for hydroxylation is 3. The third kappa shape index (κ3) is 3.94. The smallest absolute Gasteiger partial charge is 0.345 e. The average molecular weight is 316 g/mol. The SMILES string of the molecule is COc1c(NC(=O)CCc2c(C)nc(=O)[nH]c2C)ccnc1C. The molecule has 0 unspecified atom stereocenters. The number of hydrogen-bond acceptors (Lipinski definition) is 5. The highest BCUT2D eigenvalue weighted by molar-refractivity contribution is 5.92. The van der Waals surface area contributed by atoms with Crippen LogP contribution in [0.15, 0.2) is 17.1 Å². The van der Waals surface area contributed by atoms with Gasteiger partial charge in [0.1, 0.15) is 0 Å². The fourth-order valence-corrected chi connectivity index (χ4v) is 2.48. The first-order valence-corrected chi connectivity index (χ1v) is 7.28. The van der Waals surface area contributed by atoms with E-state index in [2.05, 4.69) is 20.3 Å². The van der Waals surface area contributed by atoms with Crippen LogP contribution in [0.5, 0.6) is 5.75 Å².